The van der Waals surface area contributed by atoms with E-state index < -0.39 is 6.04 Å². The number of carbonyl (C=O) groups is 2. The summed E-state index contributed by atoms with van der Waals surface area (Å²) in [6, 6.07) is 6.91. The van der Waals surface area contributed by atoms with E-state index in [9.17, 15) is 9.59 Å². The van der Waals surface area contributed by atoms with E-state index in [0.29, 0.717) is 18.3 Å². The normalized spacial score (nSPS) is 19.7. The third-order valence-electron chi connectivity index (χ3n) is 4.40. The molecule has 0 radical (unpaired) electrons. The van der Waals surface area contributed by atoms with E-state index >= 15 is 0 Å². The second kappa shape index (κ2) is 9.86. The van der Waals surface area contributed by atoms with Crippen molar-refractivity contribution in [2.75, 3.05) is 17.7 Å². The van der Waals surface area contributed by atoms with Crippen molar-refractivity contribution in [3.8, 4) is 0 Å². The smallest absolute Gasteiger partial charge is 0.329 e. The fraction of sp³-hybridized carbons (Fsp3) is 0.600. The number of hydrogen-bond acceptors (Lipinski definition) is 4. The van der Waals surface area contributed by atoms with Gasteiger partial charge in [-0.1, -0.05) is 45.4 Å². The first-order valence-electron chi connectivity index (χ1n) is 9.37. The van der Waals surface area contributed by atoms with Crippen LogP contribution in [0.1, 0.15) is 45.6 Å². The van der Waals surface area contributed by atoms with Crippen LogP contribution in [0.5, 0.6) is 0 Å². The van der Waals surface area contributed by atoms with Crippen molar-refractivity contribution in [1.82, 2.24) is 4.90 Å². The van der Waals surface area contributed by atoms with Crippen LogP contribution in [0, 0.1) is 12.8 Å². The molecule has 1 aromatic rings. The maximum Gasteiger partial charge on any atom is 0.329 e. The van der Waals surface area contributed by atoms with Gasteiger partial charge < -0.3 is 10.1 Å². The number of hydrogen-bond donors (Lipinski definition) is 1. The highest BCUT2D eigenvalue weighted by atomic mass is 32.2. The number of thioether (sulfide) groups is 1. The summed E-state index contributed by atoms with van der Waals surface area (Å²) in [5.41, 5.74) is 1.77. The number of aryl methyl sites for hydroxylation is 1. The van der Waals surface area contributed by atoms with Crippen LogP contribution < -0.4 is 5.32 Å². The molecule has 2 amide bonds. The Morgan fingerprint density at radius 2 is 2.08 bits per heavy atom. The zero-order valence-electron chi connectivity index (χ0n) is 16.2. The Hall–Kier alpha value is -1.69. The number of para-hydroxylation sites is 1. The fourth-order valence-corrected chi connectivity index (χ4v) is 4.53. The molecule has 6 heteroatoms. The molecule has 0 aromatic heterocycles. The van der Waals surface area contributed by atoms with Gasteiger partial charge in [-0.2, -0.15) is 0 Å². The van der Waals surface area contributed by atoms with Gasteiger partial charge in [-0.3, -0.25) is 4.90 Å². The van der Waals surface area contributed by atoms with Crippen molar-refractivity contribution in [2.45, 2.75) is 58.4 Å². The van der Waals surface area contributed by atoms with Crippen molar-refractivity contribution in [3.05, 3.63) is 29.8 Å². The van der Waals surface area contributed by atoms with Gasteiger partial charge in [0, 0.05) is 11.4 Å². The van der Waals surface area contributed by atoms with Crippen LogP contribution in [-0.4, -0.2) is 40.7 Å². The first-order chi connectivity index (χ1) is 12.4. The lowest BCUT2D eigenvalue weighted by Gasteiger charge is -2.29. The van der Waals surface area contributed by atoms with Gasteiger partial charge in [0.05, 0.1) is 12.0 Å². The third kappa shape index (κ3) is 5.40. The zero-order valence-corrected chi connectivity index (χ0v) is 17.0. The first kappa shape index (κ1) is 20.6. The molecule has 1 saturated heterocycles. The molecule has 1 N–H and O–H groups in total. The molecule has 26 heavy (non-hydrogen) atoms. The van der Waals surface area contributed by atoms with Gasteiger partial charge in [0.1, 0.15) is 6.04 Å². The number of anilines is 1. The Kier molecular flexibility index (Phi) is 7.82. The number of ether oxygens (including phenoxy) is 1. The summed E-state index contributed by atoms with van der Waals surface area (Å²) in [5, 5.41) is 2.96. The van der Waals surface area contributed by atoms with E-state index in [0.717, 1.165) is 30.5 Å². The van der Waals surface area contributed by atoms with Crippen molar-refractivity contribution >= 4 is 29.4 Å². The summed E-state index contributed by atoms with van der Waals surface area (Å²) in [6.07, 6.45) is 2.67. The molecule has 0 spiro atoms. The quantitative estimate of drug-likeness (QED) is 0.554. The molecule has 1 aromatic carbocycles. The summed E-state index contributed by atoms with van der Waals surface area (Å²) in [5.74, 6) is 0.733. The number of rotatable bonds is 7. The molecular weight excluding hydrogens is 348 g/mol. The maximum atomic E-state index is 13.0. The predicted octanol–water partition coefficient (Wildman–Crippen LogP) is 4.66. The van der Waals surface area contributed by atoms with Crippen molar-refractivity contribution < 1.29 is 14.3 Å². The summed E-state index contributed by atoms with van der Waals surface area (Å²) in [6.45, 7) is 8.69. The fourth-order valence-electron chi connectivity index (χ4n) is 2.91. The minimum absolute atomic E-state index is 0.0113. The van der Waals surface area contributed by atoms with Crippen LogP contribution in [0.25, 0.3) is 0 Å². The molecule has 0 bridgehead atoms. The Balaban J connectivity index is 2.14. The number of carbonyl (C=O) groups excluding carboxylic acids is 2. The number of unbranched alkanes of at least 4 members (excludes halogenated alkanes) is 1. The second-order valence-corrected chi connectivity index (χ2v) is 8.32. The number of nitrogens with zero attached hydrogens (tertiary/aromatic N) is 1. The molecule has 1 aliphatic heterocycles. The molecule has 1 aliphatic rings. The van der Waals surface area contributed by atoms with E-state index in [-0.39, 0.29) is 17.4 Å². The van der Waals surface area contributed by atoms with E-state index in [2.05, 4.69) is 26.1 Å². The van der Waals surface area contributed by atoms with Gasteiger partial charge in [0.2, 0.25) is 0 Å². The highest BCUT2D eigenvalue weighted by molar-refractivity contribution is 8.00. The summed E-state index contributed by atoms with van der Waals surface area (Å²) < 4.78 is 5.40. The SMILES string of the molecule is CCCCOC(=O)[C@@H]1CS[C@@H](CC(C)C)N1C(=O)Nc1ccccc1C. The average molecular weight is 379 g/mol. The van der Waals surface area contributed by atoms with E-state index in [4.69, 9.17) is 4.74 Å². The standard InChI is InChI=1S/C20H30N2O3S/c1-5-6-11-25-19(23)17-13-26-18(12-14(2)3)22(17)20(24)21-16-10-8-7-9-15(16)4/h7-10,14,17-18H,5-6,11-13H2,1-4H3,(H,21,24)/t17-,18-/m0/s1. The Morgan fingerprint density at radius 3 is 2.73 bits per heavy atom. The first-order valence-corrected chi connectivity index (χ1v) is 10.4. The highest BCUT2D eigenvalue weighted by Gasteiger charge is 2.42. The Morgan fingerprint density at radius 1 is 1.35 bits per heavy atom. The van der Waals surface area contributed by atoms with Gasteiger partial charge in [0.15, 0.2) is 0 Å². The lowest BCUT2D eigenvalue weighted by Crippen LogP contribution is -2.48. The van der Waals surface area contributed by atoms with Crippen molar-refractivity contribution in [1.29, 1.82) is 0 Å². The highest BCUT2D eigenvalue weighted by Crippen LogP contribution is 2.34. The third-order valence-corrected chi connectivity index (χ3v) is 5.71. The van der Waals surface area contributed by atoms with Gasteiger partial charge in [-0.05, 0) is 37.3 Å². The summed E-state index contributed by atoms with van der Waals surface area (Å²) in [7, 11) is 0. The van der Waals surface area contributed by atoms with Gasteiger partial charge in [-0.25, -0.2) is 9.59 Å². The van der Waals surface area contributed by atoms with E-state index in [1.807, 2.05) is 31.2 Å². The molecule has 0 unspecified atom stereocenters. The molecule has 144 valence electrons. The minimum Gasteiger partial charge on any atom is -0.464 e. The maximum absolute atomic E-state index is 13.0. The van der Waals surface area contributed by atoms with Crippen molar-refractivity contribution in [2.24, 2.45) is 5.92 Å². The summed E-state index contributed by atoms with van der Waals surface area (Å²) >= 11 is 1.66. The summed E-state index contributed by atoms with van der Waals surface area (Å²) in [4.78, 5) is 27.2. The van der Waals surface area contributed by atoms with Gasteiger partial charge in [-0.15, -0.1) is 11.8 Å². The number of esters is 1. The van der Waals surface area contributed by atoms with Gasteiger partial charge >= 0.3 is 12.0 Å². The number of amides is 2. The molecule has 1 heterocycles. The monoisotopic (exact) mass is 378 g/mol. The van der Waals surface area contributed by atoms with E-state index in [1.165, 1.54) is 0 Å². The van der Waals surface area contributed by atoms with Crippen LogP contribution in [-0.2, 0) is 9.53 Å². The number of nitrogens with one attached hydrogen (secondary N) is 1. The molecule has 2 atom stereocenters. The topological polar surface area (TPSA) is 58.6 Å². The molecule has 0 saturated carbocycles. The van der Waals surface area contributed by atoms with Crippen LogP contribution >= 0.6 is 11.8 Å². The Bertz CT molecular complexity index is 621. The molecule has 2 rings (SSSR count). The Labute approximate surface area is 160 Å². The van der Waals surface area contributed by atoms with Crippen LogP contribution in [0.4, 0.5) is 10.5 Å². The van der Waals surface area contributed by atoms with E-state index in [1.54, 1.807) is 16.7 Å². The number of benzene rings is 1. The zero-order chi connectivity index (χ0) is 19.1. The van der Waals surface area contributed by atoms with Crippen LogP contribution in [0.2, 0.25) is 0 Å². The van der Waals surface area contributed by atoms with Gasteiger partial charge in [0.25, 0.3) is 0 Å². The number of urea groups is 1. The molecule has 1 fully saturated rings. The predicted molar refractivity (Wildman–Crippen MR) is 107 cm³/mol. The molecular formula is C20H30N2O3S. The van der Waals surface area contributed by atoms with Crippen molar-refractivity contribution in [3.63, 3.8) is 0 Å². The lowest BCUT2D eigenvalue weighted by molar-refractivity contribution is -0.148. The second-order valence-electron chi connectivity index (χ2n) is 7.11. The van der Waals surface area contributed by atoms with Crippen LogP contribution in [0.15, 0.2) is 24.3 Å². The lowest BCUT2D eigenvalue weighted by atomic mass is 10.1. The largest absolute Gasteiger partial charge is 0.464 e. The van der Waals surface area contributed by atoms with Crippen LogP contribution in [0.3, 0.4) is 0 Å². The average Bonchev–Trinajstić information content (AvgIpc) is 3.00. The molecule has 0 aliphatic carbocycles. The minimum atomic E-state index is -0.523. The molecule has 5 nitrogen and oxygen atoms in total.